The lowest BCUT2D eigenvalue weighted by atomic mass is 10.1. The van der Waals surface area contributed by atoms with Crippen LogP contribution in [0.2, 0.25) is 0 Å². The van der Waals surface area contributed by atoms with Gasteiger partial charge in [0, 0.05) is 11.8 Å². The monoisotopic (exact) mass is 248 g/mol. The highest BCUT2D eigenvalue weighted by Crippen LogP contribution is 2.24. The third kappa shape index (κ3) is 2.51. The summed E-state index contributed by atoms with van der Waals surface area (Å²) in [6.45, 7) is 1.92. The van der Waals surface area contributed by atoms with Crippen LogP contribution in [-0.4, -0.2) is 13.4 Å². The first-order valence-electron chi connectivity index (χ1n) is 5.03. The van der Waals surface area contributed by atoms with Crippen molar-refractivity contribution in [3.63, 3.8) is 0 Å². The maximum absolute atomic E-state index is 11.4. The van der Waals surface area contributed by atoms with E-state index in [2.05, 4.69) is 4.98 Å². The summed E-state index contributed by atoms with van der Waals surface area (Å²) in [6.07, 6.45) is 1.69. The highest BCUT2D eigenvalue weighted by Gasteiger charge is 2.14. The molecule has 4 nitrogen and oxygen atoms in total. The second-order valence-electron chi connectivity index (χ2n) is 3.76. The summed E-state index contributed by atoms with van der Waals surface area (Å²) in [4.78, 5) is 4.30. The molecule has 0 bridgehead atoms. The number of sulfonamides is 1. The van der Waals surface area contributed by atoms with Gasteiger partial charge in [0.15, 0.2) is 0 Å². The Balaban J connectivity index is 2.64. The van der Waals surface area contributed by atoms with E-state index in [9.17, 15) is 8.42 Å². The van der Waals surface area contributed by atoms with Gasteiger partial charge in [0.25, 0.3) is 0 Å². The maximum Gasteiger partial charge on any atom is 0.238 e. The molecule has 0 saturated heterocycles. The Morgan fingerprint density at radius 3 is 2.41 bits per heavy atom. The van der Waals surface area contributed by atoms with Gasteiger partial charge in [-0.25, -0.2) is 13.6 Å². The summed E-state index contributed by atoms with van der Waals surface area (Å²) in [6, 6.07) is 10.2. The summed E-state index contributed by atoms with van der Waals surface area (Å²) in [7, 11) is -3.73. The second kappa shape index (κ2) is 4.27. The lowest BCUT2D eigenvalue weighted by Crippen LogP contribution is -2.13. The molecular formula is C12H12N2O2S. The Morgan fingerprint density at radius 2 is 1.82 bits per heavy atom. The lowest BCUT2D eigenvalue weighted by molar-refractivity contribution is 0.598. The number of rotatable bonds is 2. The molecule has 0 aliphatic rings. The topological polar surface area (TPSA) is 73.1 Å². The van der Waals surface area contributed by atoms with E-state index in [4.69, 9.17) is 5.14 Å². The number of nitrogens with zero attached hydrogens (tertiary/aromatic N) is 1. The molecule has 2 rings (SSSR count). The van der Waals surface area contributed by atoms with Gasteiger partial charge in [-0.15, -0.1) is 0 Å². The average molecular weight is 248 g/mol. The number of hydrogen-bond acceptors (Lipinski definition) is 3. The molecule has 0 radical (unpaired) electrons. The Hall–Kier alpha value is -1.72. The van der Waals surface area contributed by atoms with Crippen LogP contribution in [0.1, 0.15) is 5.56 Å². The molecule has 0 spiro atoms. The standard InChI is InChI=1S/C12H12N2O2S/c1-9-6-7-11(14-8-9)10-4-2-3-5-12(10)17(13,15)16/h2-8H,1H3,(H2,13,15,16). The van der Waals surface area contributed by atoms with Gasteiger partial charge in [-0.3, -0.25) is 4.98 Å². The molecule has 0 unspecified atom stereocenters. The van der Waals surface area contributed by atoms with E-state index in [1.807, 2.05) is 13.0 Å². The third-order valence-corrected chi connectivity index (χ3v) is 3.35. The van der Waals surface area contributed by atoms with Crippen molar-refractivity contribution >= 4 is 10.0 Å². The zero-order chi connectivity index (χ0) is 12.5. The minimum absolute atomic E-state index is 0.0938. The van der Waals surface area contributed by atoms with Crippen LogP contribution in [-0.2, 0) is 10.0 Å². The normalized spacial score (nSPS) is 11.4. The van der Waals surface area contributed by atoms with E-state index in [0.29, 0.717) is 11.3 Å². The fraction of sp³-hybridized carbons (Fsp3) is 0.0833. The highest BCUT2D eigenvalue weighted by atomic mass is 32.2. The van der Waals surface area contributed by atoms with Crippen molar-refractivity contribution in [2.75, 3.05) is 0 Å². The SMILES string of the molecule is Cc1ccc(-c2ccccc2S(N)(=O)=O)nc1. The van der Waals surface area contributed by atoms with E-state index >= 15 is 0 Å². The zero-order valence-electron chi connectivity index (χ0n) is 9.29. The first-order chi connectivity index (χ1) is 7.98. The predicted octanol–water partition coefficient (Wildman–Crippen LogP) is 1.70. The quantitative estimate of drug-likeness (QED) is 0.879. The summed E-state index contributed by atoms with van der Waals surface area (Å²) < 4.78 is 22.9. The molecule has 0 atom stereocenters. The van der Waals surface area contributed by atoms with Crippen LogP contribution < -0.4 is 5.14 Å². The van der Waals surface area contributed by atoms with Crippen LogP contribution in [0.5, 0.6) is 0 Å². The average Bonchev–Trinajstić information content (AvgIpc) is 2.29. The molecule has 17 heavy (non-hydrogen) atoms. The number of nitrogens with two attached hydrogens (primary N) is 1. The van der Waals surface area contributed by atoms with Crippen molar-refractivity contribution in [3.8, 4) is 11.3 Å². The molecule has 0 fully saturated rings. The fourth-order valence-corrected chi connectivity index (χ4v) is 2.30. The molecule has 1 aromatic heterocycles. The molecule has 2 N–H and O–H groups in total. The van der Waals surface area contributed by atoms with Crippen LogP contribution >= 0.6 is 0 Å². The number of pyridine rings is 1. The number of primary sulfonamides is 1. The molecule has 88 valence electrons. The van der Waals surface area contributed by atoms with Gasteiger partial charge in [0.1, 0.15) is 0 Å². The van der Waals surface area contributed by atoms with Gasteiger partial charge in [-0.1, -0.05) is 24.3 Å². The van der Waals surface area contributed by atoms with E-state index in [1.54, 1.807) is 30.5 Å². The summed E-state index contributed by atoms with van der Waals surface area (Å²) in [5.41, 5.74) is 2.14. The van der Waals surface area contributed by atoms with Crippen molar-refractivity contribution < 1.29 is 8.42 Å². The van der Waals surface area contributed by atoms with Crippen molar-refractivity contribution in [2.24, 2.45) is 5.14 Å². The third-order valence-electron chi connectivity index (χ3n) is 2.38. The summed E-state index contributed by atoms with van der Waals surface area (Å²) in [5.74, 6) is 0. The predicted molar refractivity (Wildman–Crippen MR) is 65.8 cm³/mol. The van der Waals surface area contributed by atoms with Gasteiger partial charge in [0.2, 0.25) is 10.0 Å². The Morgan fingerprint density at radius 1 is 1.12 bits per heavy atom. The molecular weight excluding hydrogens is 236 g/mol. The molecule has 1 aromatic carbocycles. The van der Waals surface area contributed by atoms with E-state index in [0.717, 1.165) is 5.56 Å². The molecule has 2 aromatic rings. The molecule has 5 heteroatoms. The molecule has 0 amide bonds. The highest BCUT2D eigenvalue weighted by molar-refractivity contribution is 7.89. The first-order valence-corrected chi connectivity index (χ1v) is 6.58. The maximum atomic E-state index is 11.4. The summed E-state index contributed by atoms with van der Waals surface area (Å²) >= 11 is 0. The van der Waals surface area contributed by atoms with Crippen molar-refractivity contribution in [3.05, 3.63) is 48.2 Å². The molecule has 1 heterocycles. The number of aromatic nitrogens is 1. The van der Waals surface area contributed by atoms with Crippen LogP contribution in [0.25, 0.3) is 11.3 Å². The van der Waals surface area contributed by atoms with Gasteiger partial charge in [0.05, 0.1) is 10.6 Å². The van der Waals surface area contributed by atoms with E-state index < -0.39 is 10.0 Å². The van der Waals surface area contributed by atoms with Crippen LogP contribution in [0.3, 0.4) is 0 Å². The van der Waals surface area contributed by atoms with Crippen LogP contribution in [0, 0.1) is 6.92 Å². The fourth-order valence-electron chi connectivity index (χ4n) is 1.55. The molecule has 0 saturated carbocycles. The summed E-state index contributed by atoms with van der Waals surface area (Å²) in [5, 5.41) is 5.17. The zero-order valence-corrected chi connectivity index (χ0v) is 10.1. The smallest absolute Gasteiger partial charge is 0.238 e. The Labute approximate surface area is 100 Å². The van der Waals surface area contributed by atoms with Crippen LogP contribution in [0.4, 0.5) is 0 Å². The van der Waals surface area contributed by atoms with Crippen molar-refractivity contribution in [1.82, 2.24) is 4.98 Å². The number of hydrogen-bond donors (Lipinski definition) is 1. The largest absolute Gasteiger partial charge is 0.256 e. The minimum Gasteiger partial charge on any atom is -0.256 e. The molecule has 0 aliphatic heterocycles. The number of benzene rings is 1. The minimum atomic E-state index is -3.73. The lowest BCUT2D eigenvalue weighted by Gasteiger charge is -2.06. The number of aryl methyl sites for hydroxylation is 1. The van der Waals surface area contributed by atoms with Gasteiger partial charge in [-0.05, 0) is 24.6 Å². The first kappa shape index (κ1) is 11.8. The van der Waals surface area contributed by atoms with Gasteiger partial charge < -0.3 is 0 Å². The van der Waals surface area contributed by atoms with E-state index in [1.165, 1.54) is 6.07 Å². The Bertz CT molecular complexity index is 634. The second-order valence-corrected chi connectivity index (χ2v) is 5.29. The van der Waals surface area contributed by atoms with Crippen molar-refractivity contribution in [1.29, 1.82) is 0 Å². The van der Waals surface area contributed by atoms with Gasteiger partial charge in [-0.2, -0.15) is 0 Å². The molecule has 0 aliphatic carbocycles. The van der Waals surface area contributed by atoms with Gasteiger partial charge >= 0.3 is 0 Å². The van der Waals surface area contributed by atoms with Crippen LogP contribution in [0.15, 0.2) is 47.5 Å². The Kier molecular flexibility index (Phi) is 2.95. The van der Waals surface area contributed by atoms with E-state index in [-0.39, 0.29) is 4.90 Å². The van der Waals surface area contributed by atoms with Crippen molar-refractivity contribution in [2.45, 2.75) is 11.8 Å².